The number of nitrogens with zero attached hydrogens (tertiary/aromatic N) is 2. The van der Waals surface area contributed by atoms with Crippen LogP contribution >= 0.6 is 0 Å². The van der Waals surface area contributed by atoms with Gasteiger partial charge in [0.05, 0.1) is 6.61 Å². The van der Waals surface area contributed by atoms with Gasteiger partial charge in [-0.2, -0.15) is 0 Å². The topological polar surface area (TPSA) is 53.0 Å². The third-order valence-corrected chi connectivity index (χ3v) is 5.13. The highest BCUT2D eigenvalue weighted by molar-refractivity contribution is 5.79. The van der Waals surface area contributed by atoms with Crippen LogP contribution in [0.1, 0.15) is 38.2 Å². The fraction of sp³-hybridized carbons (Fsp3) is 0.632. The number of benzene rings is 1. The number of likely N-dealkylation sites (tertiary alicyclic amines) is 2. The number of carbonyl (C=O) groups excluding carboxylic acids is 1. The number of piperidine rings is 1. The van der Waals surface area contributed by atoms with E-state index in [0.717, 1.165) is 57.4 Å². The molecule has 5 heteroatoms. The van der Waals surface area contributed by atoms with Crippen molar-refractivity contribution in [3.05, 3.63) is 23.8 Å². The summed E-state index contributed by atoms with van der Waals surface area (Å²) in [5.74, 6) is 1.33. The zero-order chi connectivity index (χ0) is 16.9. The van der Waals surface area contributed by atoms with E-state index in [-0.39, 0.29) is 11.7 Å². The molecule has 0 aromatic heterocycles. The average molecular weight is 332 g/mol. The molecule has 2 fully saturated rings. The standard InChI is InChI=1S/C19H28N2O3/c1-2-24-17-7-5-6-16(18(17)22)14-20-12-8-15(9-13-20)19(23)21-10-3-4-11-21/h5-7,15,22H,2-4,8-14H2,1H3. The third kappa shape index (κ3) is 3.83. The second-order valence-electron chi connectivity index (χ2n) is 6.78. The van der Waals surface area contributed by atoms with Gasteiger partial charge in [-0.25, -0.2) is 0 Å². The van der Waals surface area contributed by atoms with Gasteiger partial charge in [-0.05, 0) is 51.8 Å². The maximum Gasteiger partial charge on any atom is 0.225 e. The van der Waals surface area contributed by atoms with Gasteiger partial charge in [0.25, 0.3) is 0 Å². The minimum Gasteiger partial charge on any atom is -0.504 e. The quantitative estimate of drug-likeness (QED) is 0.900. The molecule has 2 aliphatic rings. The van der Waals surface area contributed by atoms with Gasteiger partial charge in [0, 0.05) is 31.1 Å². The van der Waals surface area contributed by atoms with Crippen molar-refractivity contribution in [1.82, 2.24) is 9.80 Å². The van der Waals surface area contributed by atoms with Crippen molar-refractivity contribution in [2.45, 2.75) is 39.2 Å². The van der Waals surface area contributed by atoms with Crippen LogP contribution in [0.15, 0.2) is 18.2 Å². The van der Waals surface area contributed by atoms with E-state index in [9.17, 15) is 9.90 Å². The Morgan fingerprint density at radius 1 is 1.21 bits per heavy atom. The van der Waals surface area contributed by atoms with Crippen molar-refractivity contribution in [1.29, 1.82) is 0 Å². The molecule has 0 aliphatic carbocycles. The Morgan fingerprint density at radius 3 is 2.58 bits per heavy atom. The van der Waals surface area contributed by atoms with Crippen LogP contribution in [-0.4, -0.2) is 53.6 Å². The Hall–Kier alpha value is -1.75. The van der Waals surface area contributed by atoms with Crippen LogP contribution in [-0.2, 0) is 11.3 Å². The molecular weight excluding hydrogens is 304 g/mol. The van der Waals surface area contributed by atoms with Crippen LogP contribution in [0, 0.1) is 5.92 Å². The molecule has 0 atom stereocenters. The van der Waals surface area contributed by atoms with Crippen molar-refractivity contribution in [2.75, 3.05) is 32.8 Å². The number of aromatic hydroxyl groups is 1. The zero-order valence-corrected chi connectivity index (χ0v) is 14.5. The molecule has 1 aromatic carbocycles. The van der Waals surface area contributed by atoms with Gasteiger partial charge in [0.15, 0.2) is 11.5 Å². The van der Waals surface area contributed by atoms with Crippen molar-refractivity contribution in [2.24, 2.45) is 5.92 Å². The van der Waals surface area contributed by atoms with E-state index >= 15 is 0 Å². The number of rotatable bonds is 5. The second kappa shape index (κ2) is 7.88. The molecule has 0 spiro atoms. The van der Waals surface area contributed by atoms with Crippen molar-refractivity contribution in [3.8, 4) is 11.5 Å². The van der Waals surface area contributed by atoms with Crippen LogP contribution in [0.25, 0.3) is 0 Å². The number of phenolic OH excluding ortho intramolecular Hbond substituents is 1. The highest BCUT2D eigenvalue weighted by Crippen LogP contribution is 2.31. The van der Waals surface area contributed by atoms with Crippen LogP contribution in [0.3, 0.4) is 0 Å². The van der Waals surface area contributed by atoms with E-state index < -0.39 is 0 Å². The van der Waals surface area contributed by atoms with Crippen LogP contribution < -0.4 is 4.74 Å². The maximum atomic E-state index is 12.5. The molecule has 0 saturated carbocycles. The second-order valence-corrected chi connectivity index (χ2v) is 6.78. The summed E-state index contributed by atoms with van der Waals surface area (Å²) in [6, 6.07) is 5.66. The molecule has 5 nitrogen and oxygen atoms in total. The average Bonchev–Trinajstić information content (AvgIpc) is 3.13. The summed E-state index contributed by atoms with van der Waals surface area (Å²) in [6.07, 6.45) is 4.14. The van der Waals surface area contributed by atoms with Gasteiger partial charge in [-0.15, -0.1) is 0 Å². The lowest BCUT2D eigenvalue weighted by Gasteiger charge is -2.33. The number of carbonyl (C=O) groups is 1. The van der Waals surface area contributed by atoms with E-state index in [0.29, 0.717) is 24.8 Å². The van der Waals surface area contributed by atoms with Gasteiger partial charge in [0.1, 0.15) is 0 Å². The lowest BCUT2D eigenvalue weighted by Crippen LogP contribution is -2.41. The lowest BCUT2D eigenvalue weighted by molar-refractivity contribution is -0.136. The van der Waals surface area contributed by atoms with Gasteiger partial charge < -0.3 is 14.7 Å². The fourth-order valence-electron chi connectivity index (χ4n) is 3.74. The van der Waals surface area contributed by atoms with E-state index in [2.05, 4.69) is 4.90 Å². The smallest absolute Gasteiger partial charge is 0.225 e. The molecule has 132 valence electrons. The molecule has 1 aromatic rings. The first-order valence-corrected chi connectivity index (χ1v) is 9.14. The Bertz CT molecular complexity index is 562. The summed E-state index contributed by atoms with van der Waals surface area (Å²) in [4.78, 5) is 16.8. The van der Waals surface area contributed by atoms with E-state index in [1.54, 1.807) is 6.07 Å². The first-order chi connectivity index (χ1) is 11.7. The number of hydrogen-bond acceptors (Lipinski definition) is 4. The van der Waals surface area contributed by atoms with Gasteiger partial charge in [-0.1, -0.05) is 12.1 Å². The van der Waals surface area contributed by atoms with E-state index in [4.69, 9.17) is 4.74 Å². The Morgan fingerprint density at radius 2 is 1.92 bits per heavy atom. The van der Waals surface area contributed by atoms with Crippen LogP contribution in [0.4, 0.5) is 0 Å². The number of amides is 1. The summed E-state index contributed by atoms with van der Waals surface area (Å²) in [5.41, 5.74) is 0.894. The molecule has 0 unspecified atom stereocenters. The van der Waals surface area contributed by atoms with Crippen molar-refractivity contribution in [3.63, 3.8) is 0 Å². The summed E-state index contributed by atoms with van der Waals surface area (Å²) in [5, 5.41) is 10.3. The Balaban J connectivity index is 1.54. The predicted molar refractivity (Wildman–Crippen MR) is 93.1 cm³/mol. The first kappa shape index (κ1) is 17.1. The Kier molecular flexibility index (Phi) is 5.61. The normalized spacial score (nSPS) is 19.6. The fourth-order valence-corrected chi connectivity index (χ4v) is 3.74. The van der Waals surface area contributed by atoms with Crippen LogP contribution in [0.5, 0.6) is 11.5 Å². The molecule has 3 rings (SSSR count). The molecule has 2 aliphatic heterocycles. The van der Waals surface area contributed by atoms with Gasteiger partial charge in [0.2, 0.25) is 5.91 Å². The highest BCUT2D eigenvalue weighted by atomic mass is 16.5. The van der Waals surface area contributed by atoms with E-state index in [1.807, 2.05) is 24.0 Å². The molecule has 0 bridgehead atoms. The molecule has 2 saturated heterocycles. The minimum atomic E-state index is 0.183. The highest BCUT2D eigenvalue weighted by Gasteiger charge is 2.30. The van der Waals surface area contributed by atoms with Crippen molar-refractivity contribution < 1.29 is 14.6 Å². The predicted octanol–water partition coefficient (Wildman–Crippen LogP) is 2.63. The molecule has 1 amide bonds. The number of phenols is 1. The number of hydrogen-bond donors (Lipinski definition) is 1. The SMILES string of the molecule is CCOc1cccc(CN2CCC(C(=O)N3CCCC3)CC2)c1O. The monoisotopic (exact) mass is 332 g/mol. The first-order valence-electron chi connectivity index (χ1n) is 9.14. The zero-order valence-electron chi connectivity index (χ0n) is 14.5. The van der Waals surface area contributed by atoms with E-state index in [1.165, 1.54) is 0 Å². The van der Waals surface area contributed by atoms with Crippen molar-refractivity contribution >= 4 is 5.91 Å². The minimum absolute atomic E-state index is 0.183. The molecular formula is C19H28N2O3. The number of para-hydroxylation sites is 1. The molecule has 1 N–H and O–H groups in total. The molecule has 24 heavy (non-hydrogen) atoms. The molecule has 0 radical (unpaired) electrons. The summed E-state index contributed by atoms with van der Waals surface area (Å²) in [6.45, 7) is 6.85. The summed E-state index contributed by atoms with van der Waals surface area (Å²) >= 11 is 0. The van der Waals surface area contributed by atoms with Crippen LogP contribution in [0.2, 0.25) is 0 Å². The Labute approximate surface area is 144 Å². The largest absolute Gasteiger partial charge is 0.504 e. The third-order valence-electron chi connectivity index (χ3n) is 5.13. The lowest BCUT2D eigenvalue weighted by atomic mass is 9.95. The van der Waals surface area contributed by atoms with Gasteiger partial charge in [-0.3, -0.25) is 9.69 Å². The maximum absolute atomic E-state index is 12.5. The number of ether oxygens (including phenoxy) is 1. The summed E-state index contributed by atoms with van der Waals surface area (Å²) < 4.78 is 5.45. The van der Waals surface area contributed by atoms with Gasteiger partial charge >= 0.3 is 0 Å². The molecule has 2 heterocycles. The summed E-state index contributed by atoms with van der Waals surface area (Å²) in [7, 11) is 0.